The lowest BCUT2D eigenvalue weighted by atomic mass is 9.40. The number of carbonyl (C=O) groups excluding carboxylic acids is 1. The van der Waals surface area contributed by atoms with Crippen LogP contribution in [0.15, 0.2) is 11.6 Å². The van der Waals surface area contributed by atoms with Gasteiger partial charge in [0, 0.05) is 11.8 Å². The summed E-state index contributed by atoms with van der Waals surface area (Å²) in [5, 5.41) is 20.2. The number of ketones is 1. The van der Waals surface area contributed by atoms with Crippen molar-refractivity contribution in [2.75, 3.05) is 6.61 Å². The van der Waals surface area contributed by atoms with Crippen LogP contribution in [0, 0.1) is 34.0 Å². The van der Waals surface area contributed by atoms with Crippen molar-refractivity contribution in [3.05, 3.63) is 11.6 Å². The molecule has 4 aliphatic carbocycles. The van der Waals surface area contributed by atoms with Gasteiger partial charge in [-0.3, -0.25) is 4.79 Å². The van der Waals surface area contributed by atoms with Crippen molar-refractivity contribution < 1.29 is 15.0 Å². The van der Waals surface area contributed by atoms with E-state index in [1.165, 1.54) is 12.0 Å². The molecule has 0 saturated heterocycles. The second kappa shape index (κ2) is 4.70. The number of hydrogen-bond donors (Lipinski definition) is 2. The number of rotatable bonds is 1. The standard InChI is InChI=1S/C20H30O3/c1-18(2)15-6-7-20-8-12(13(9-20)11-21)4-5-16(20)19(15,3)10-14(22)17(18)23/h9,12,15-17,21,23H,4-8,10-11H2,1-3H3/t12-,15-,16+,17-,19-,20+/m1/s1. The number of fused-ring (bicyclic) bond motifs is 3. The number of aliphatic hydroxyl groups is 2. The summed E-state index contributed by atoms with van der Waals surface area (Å²) in [7, 11) is 0. The van der Waals surface area contributed by atoms with E-state index in [1.807, 2.05) is 0 Å². The SMILES string of the molecule is CC1(C)[C@H](O)C(=O)C[C@]2(C)[C@@H]1CC[C@]13C=C(CO)[C@H](CC[C@H]12)C3. The molecule has 2 N–H and O–H groups in total. The Hall–Kier alpha value is -0.670. The molecule has 0 heterocycles. The molecule has 0 amide bonds. The Morgan fingerprint density at radius 2 is 1.91 bits per heavy atom. The van der Waals surface area contributed by atoms with Crippen molar-refractivity contribution in [2.45, 2.75) is 65.4 Å². The van der Waals surface area contributed by atoms with Crippen LogP contribution in [0.4, 0.5) is 0 Å². The normalized spacial score (nSPS) is 51.0. The zero-order valence-electron chi connectivity index (χ0n) is 14.6. The van der Waals surface area contributed by atoms with Crippen molar-refractivity contribution >= 4 is 5.78 Å². The highest BCUT2D eigenvalue weighted by molar-refractivity contribution is 5.85. The minimum absolute atomic E-state index is 0.00949. The lowest BCUT2D eigenvalue weighted by Gasteiger charge is -2.64. The van der Waals surface area contributed by atoms with Crippen LogP contribution in [0.3, 0.4) is 0 Å². The third-order valence-electron chi connectivity index (χ3n) is 8.26. The summed E-state index contributed by atoms with van der Waals surface area (Å²) in [6, 6.07) is 0. The fourth-order valence-electron chi connectivity index (χ4n) is 7.36. The molecule has 0 aliphatic heterocycles. The van der Waals surface area contributed by atoms with Gasteiger partial charge in [0.15, 0.2) is 5.78 Å². The predicted octanol–water partition coefficient (Wildman–Crippen LogP) is 3.10. The van der Waals surface area contributed by atoms with Crippen LogP contribution in [0.1, 0.15) is 59.3 Å². The Morgan fingerprint density at radius 3 is 2.61 bits per heavy atom. The summed E-state index contributed by atoms with van der Waals surface area (Å²) in [6.45, 7) is 6.69. The summed E-state index contributed by atoms with van der Waals surface area (Å²) in [5.41, 5.74) is 1.11. The van der Waals surface area contributed by atoms with E-state index in [0.717, 1.165) is 25.7 Å². The first-order valence-corrected chi connectivity index (χ1v) is 9.28. The lowest BCUT2D eigenvalue weighted by molar-refractivity contribution is -0.182. The maximum Gasteiger partial charge on any atom is 0.162 e. The molecule has 4 aliphatic rings. The molecule has 0 aromatic heterocycles. The predicted molar refractivity (Wildman–Crippen MR) is 88.7 cm³/mol. The van der Waals surface area contributed by atoms with Gasteiger partial charge in [-0.2, -0.15) is 0 Å². The molecule has 3 fully saturated rings. The minimum Gasteiger partial charge on any atom is -0.392 e. The van der Waals surface area contributed by atoms with Crippen molar-refractivity contribution in [1.82, 2.24) is 0 Å². The largest absolute Gasteiger partial charge is 0.392 e. The molecule has 4 rings (SSSR count). The smallest absolute Gasteiger partial charge is 0.162 e. The second-order valence-electron chi connectivity index (χ2n) is 9.61. The van der Waals surface area contributed by atoms with E-state index in [9.17, 15) is 15.0 Å². The Bertz CT molecular complexity index is 577. The van der Waals surface area contributed by atoms with E-state index >= 15 is 0 Å². The highest BCUT2D eigenvalue weighted by Crippen LogP contribution is 2.70. The molecular weight excluding hydrogens is 288 g/mol. The topological polar surface area (TPSA) is 57.5 Å². The van der Waals surface area contributed by atoms with Crippen LogP contribution < -0.4 is 0 Å². The van der Waals surface area contributed by atoms with E-state index < -0.39 is 6.10 Å². The summed E-state index contributed by atoms with van der Waals surface area (Å²) >= 11 is 0. The van der Waals surface area contributed by atoms with Gasteiger partial charge in [0.05, 0.1) is 6.61 Å². The first-order valence-electron chi connectivity index (χ1n) is 9.28. The van der Waals surface area contributed by atoms with Gasteiger partial charge in [-0.05, 0) is 66.3 Å². The van der Waals surface area contributed by atoms with Gasteiger partial charge in [0.25, 0.3) is 0 Å². The molecule has 0 aromatic carbocycles. The highest BCUT2D eigenvalue weighted by Gasteiger charge is 2.65. The minimum atomic E-state index is -0.807. The van der Waals surface area contributed by atoms with Crippen molar-refractivity contribution in [2.24, 2.45) is 34.0 Å². The molecule has 128 valence electrons. The van der Waals surface area contributed by atoms with E-state index in [2.05, 4.69) is 26.8 Å². The summed E-state index contributed by atoms with van der Waals surface area (Å²) in [5.74, 6) is 1.53. The third kappa shape index (κ3) is 1.87. The number of allylic oxidation sites excluding steroid dienone is 1. The quantitative estimate of drug-likeness (QED) is 0.731. The number of aliphatic hydroxyl groups excluding tert-OH is 2. The maximum absolute atomic E-state index is 12.6. The number of carbonyl (C=O) groups is 1. The van der Waals surface area contributed by atoms with Crippen molar-refractivity contribution in [3.8, 4) is 0 Å². The molecule has 1 spiro atoms. The molecule has 3 nitrogen and oxygen atoms in total. The van der Waals surface area contributed by atoms with Gasteiger partial charge in [0.2, 0.25) is 0 Å². The van der Waals surface area contributed by atoms with Gasteiger partial charge in [-0.15, -0.1) is 0 Å². The Labute approximate surface area is 139 Å². The molecule has 0 radical (unpaired) electrons. The van der Waals surface area contributed by atoms with Crippen LogP contribution in [0.2, 0.25) is 0 Å². The van der Waals surface area contributed by atoms with Gasteiger partial charge in [0.1, 0.15) is 6.10 Å². The summed E-state index contributed by atoms with van der Waals surface area (Å²) < 4.78 is 0. The lowest BCUT2D eigenvalue weighted by Crippen LogP contribution is -2.62. The van der Waals surface area contributed by atoms with Gasteiger partial charge >= 0.3 is 0 Å². The van der Waals surface area contributed by atoms with Gasteiger partial charge in [-0.25, -0.2) is 0 Å². The summed E-state index contributed by atoms with van der Waals surface area (Å²) in [4.78, 5) is 12.6. The van der Waals surface area contributed by atoms with E-state index in [0.29, 0.717) is 24.2 Å². The molecule has 2 bridgehead atoms. The maximum atomic E-state index is 12.6. The monoisotopic (exact) mass is 318 g/mol. The molecule has 3 saturated carbocycles. The fraction of sp³-hybridized carbons (Fsp3) is 0.850. The fourth-order valence-corrected chi connectivity index (χ4v) is 7.36. The highest BCUT2D eigenvalue weighted by atomic mass is 16.3. The molecule has 0 unspecified atom stereocenters. The van der Waals surface area contributed by atoms with Crippen LogP contribution in [-0.4, -0.2) is 28.7 Å². The number of Topliss-reactive ketones (excluding diaryl/α,β-unsaturated/α-hetero) is 1. The van der Waals surface area contributed by atoms with Crippen LogP contribution in [-0.2, 0) is 4.79 Å². The van der Waals surface area contributed by atoms with Crippen LogP contribution >= 0.6 is 0 Å². The average Bonchev–Trinajstić information content (AvgIpc) is 2.75. The first-order chi connectivity index (χ1) is 10.7. The average molecular weight is 318 g/mol. The second-order valence-corrected chi connectivity index (χ2v) is 9.61. The molecule has 0 aromatic rings. The van der Waals surface area contributed by atoms with E-state index in [4.69, 9.17) is 0 Å². The molecule has 6 atom stereocenters. The van der Waals surface area contributed by atoms with E-state index in [1.54, 1.807) is 0 Å². The Kier molecular flexibility index (Phi) is 3.23. The number of hydrogen-bond acceptors (Lipinski definition) is 3. The van der Waals surface area contributed by atoms with Crippen molar-refractivity contribution in [1.29, 1.82) is 0 Å². The van der Waals surface area contributed by atoms with Crippen LogP contribution in [0.5, 0.6) is 0 Å². The van der Waals surface area contributed by atoms with Crippen molar-refractivity contribution in [3.63, 3.8) is 0 Å². The molecule has 23 heavy (non-hydrogen) atoms. The Balaban J connectivity index is 1.77. The summed E-state index contributed by atoms with van der Waals surface area (Å²) in [6.07, 6.45) is 7.86. The first kappa shape index (κ1) is 15.8. The zero-order valence-corrected chi connectivity index (χ0v) is 14.6. The Morgan fingerprint density at radius 1 is 1.17 bits per heavy atom. The van der Waals surface area contributed by atoms with Gasteiger partial charge < -0.3 is 10.2 Å². The van der Waals surface area contributed by atoms with Gasteiger partial charge in [-0.1, -0.05) is 26.8 Å². The third-order valence-corrected chi connectivity index (χ3v) is 8.26. The zero-order chi connectivity index (χ0) is 16.6. The van der Waals surface area contributed by atoms with Crippen LogP contribution in [0.25, 0.3) is 0 Å². The molecule has 3 heteroatoms. The van der Waals surface area contributed by atoms with E-state index in [-0.39, 0.29) is 28.6 Å². The molecular formula is C20H30O3.